The number of rotatable bonds is 3. The van der Waals surface area contributed by atoms with Gasteiger partial charge in [-0.1, -0.05) is 18.2 Å². The van der Waals surface area contributed by atoms with E-state index in [1.807, 2.05) is 30.3 Å². The number of carbonyl (C=O) groups excluding carboxylic acids is 1. The summed E-state index contributed by atoms with van der Waals surface area (Å²) in [6.45, 7) is 0.356. The molecule has 114 valence electrons. The van der Waals surface area contributed by atoms with Crippen molar-refractivity contribution >= 4 is 29.3 Å². The molecule has 21 heavy (non-hydrogen) atoms. The molecule has 1 amide bonds. The second kappa shape index (κ2) is 6.47. The minimum Gasteiger partial charge on any atom is -0.459 e. The minimum atomic E-state index is -0.572. The van der Waals surface area contributed by atoms with Gasteiger partial charge >= 0.3 is 0 Å². The molecule has 1 fully saturated rings. The molecule has 0 bridgehead atoms. The summed E-state index contributed by atoms with van der Waals surface area (Å²) in [7, 11) is 0. The summed E-state index contributed by atoms with van der Waals surface area (Å²) < 4.78 is 5.63. The van der Waals surface area contributed by atoms with Gasteiger partial charge in [-0.2, -0.15) is 0 Å². The van der Waals surface area contributed by atoms with Gasteiger partial charge in [-0.25, -0.2) is 0 Å². The molecule has 0 radical (unpaired) electrons. The third-order valence-corrected chi connectivity index (χ3v) is 3.86. The molecule has 1 aromatic carbocycles. The number of fused-ring (bicyclic) bond motifs is 1. The van der Waals surface area contributed by atoms with Crippen LogP contribution in [-0.2, 0) is 11.3 Å². The lowest BCUT2D eigenvalue weighted by molar-refractivity contribution is -0.125. The van der Waals surface area contributed by atoms with Gasteiger partial charge in [-0.3, -0.25) is 4.79 Å². The van der Waals surface area contributed by atoms with Crippen LogP contribution in [0.15, 0.2) is 34.7 Å². The Hall–Kier alpha value is -1.56. The van der Waals surface area contributed by atoms with Gasteiger partial charge in [0.2, 0.25) is 5.91 Å². The molecule has 2 aromatic rings. The fraction of sp³-hybridized carbons (Fsp3) is 0.400. The quantitative estimate of drug-likeness (QED) is 0.803. The molecule has 5 nitrogen and oxygen atoms in total. The van der Waals surface area contributed by atoms with Crippen LogP contribution in [0.3, 0.4) is 0 Å². The standard InChI is InChI=1S/C15H18N2O3.ClH/c16-12-6-10(7-13(12)18)15(19)17-8-11-5-9-3-1-2-4-14(9)20-11;/h1-5,10,12-13,18H,6-8,16H2,(H,17,19);1H/t10-,12+,13+;/m0./s1. The fourth-order valence-electron chi connectivity index (χ4n) is 2.70. The van der Waals surface area contributed by atoms with E-state index >= 15 is 0 Å². The number of benzene rings is 1. The fourth-order valence-corrected chi connectivity index (χ4v) is 2.70. The van der Waals surface area contributed by atoms with E-state index in [0.717, 1.165) is 16.7 Å². The van der Waals surface area contributed by atoms with Gasteiger partial charge in [-0.05, 0) is 25.0 Å². The van der Waals surface area contributed by atoms with E-state index in [0.29, 0.717) is 19.4 Å². The van der Waals surface area contributed by atoms with Crippen molar-refractivity contribution in [1.29, 1.82) is 0 Å². The zero-order valence-corrected chi connectivity index (χ0v) is 12.3. The molecule has 6 heteroatoms. The Kier molecular flexibility index (Phi) is 4.88. The van der Waals surface area contributed by atoms with Crippen LogP contribution in [0.1, 0.15) is 18.6 Å². The van der Waals surface area contributed by atoms with Crippen LogP contribution in [0, 0.1) is 5.92 Å². The number of amides is 1. The predicted octanol–water partition coefficient (Wildman–Crippen LogP) is 1.57. The Balaban J connectivity index is 0.00000161. The average molecular weight is 311 g/mol. The SMILES string of the molecule is Cl.N[C@@H]1C[C@H](C(=O)NCc2cc3ccccc3o2)C[C@H]1O. The molecule has 1 aliphatic rings. The Morgan fingerprint density at radius 1 is 1.38 bits per heavy atom. The van der Waals surface area contributed by atoms with Gasteiger partial charge in [0.15, 0.2) is 0 Å². The van der Waals surface area contributed by atoms with E-state index in [1.165, 1.54) is 0 Å². The van der Waals surface area contributed by atoms with Crippen LogP contribution < -0.4 is 11.1 Å². The largest absolute Gasteiger partial charge is 0.459 e. The molecule has 3 atom stereocenters. The highest BCUT2D eigenvalue weighted by molar-refractivity contribution is 5.85. The Morgan fingerprint density at radius 3 is 2.81 bits per heavy atom. The monoisotopic (exact) mass is 310 g/mol. The Labute approximate surface area is 128 Å². The number of carbonyl (C=O) groups is 1. The van der Waals surface area contributed by atoms with Crippen LogP contribution in [0.5, 0.6) is 0 Å². The zero-order valence-electron chi connectivity index (χ0n) is 11.5. The number of halogens is 1. The van der Waals surface area contributed by atoms with Crippen molar-refractivity contribution in [2.45, 2.75) is 31.5 Å². The first kappa shape index (κ1) is 15.8. The highest BCUT2D eigenvalue weighted by atomic mass is 35.5. The van der Waals surface area contributed by atoms with Crippen LogP contribution in [0.4, 0.5) is 0 Å². The zero-order chi connectivity index (χ0) is 14.1. The van der Waals surface area contributed by atoms with E-state index in [9.17, 15) is 9.90 Å². The normalized spacial score (nSPS) is 24.8. The lowest BCUT2D eigenvalue weighted by atomic mass is 10.1. The smallest absolute Gasteiger partial charge is 0.223 e. The lowest BCUT2D eigenvalue weighted by Crippen LogP contribution is -2.30. The maximum Gasteiger partial charge on any atom is 0.223 e. The highest BCUT2D eigenvalue weighted by Crippen LogP contribution is 2.25. The molecule has 0 aliphatic heterocycles. The van der Waals surface area contributed by atoms with Crippen LogP contribution in [0.25, 0.3) is 11.0 Å². The van der Waals surface area contributed by atoms with E-state index < -0.39 is 6.10 Å². The molecule has 0 spiro atoms. The molecular weight excluding hydrogens is 292 g/mol. The number of hydrogen-bond donors (Lipinski definition) is 3. The first-order chi connectivity index (χ1) is 9.63. The molecule has 1 heterocycles. The third kappa shape index (κ3) is 3.37. The molecule has 0 saturated heterocycles. The summed E-state index contributed by atoms with van der Waals surface area (Å²) in [6.07, 6.45) is 0.400. The van der Waals surface area contributed by atoms with E-state index in [1.54, 1.807) is 0 Å². The molecule has 3 rings (SSSR count). The van der Waals surface area contributed by atoms with E-state index in [2.05, 4.69) is 5.32 Å². The molecular formula is C15H19ClN2O3. The van der Waals surface area contributed by atoms with Gasteiger partial charge in [0.25, 0.3) is 0 Å². The van der Waals surface area contributed by atoms with Crippen LogP contribution >= 0.6 is 12.4 Å². The number of nitrogens with two attached hydrogens (primary N) is 1. The van der Waals surface area contributed by atoms with Crippen molar-refractivity contribution < 1.29 is 14.3 Å². The second-order valence-corrected chi connectivity index (χ2v) is 5.37. The predicted molar refractivity (Wildman–Crippen MR) is 82.0 cm³/mol. The van der Waals surface area contributed by atoms with Crippen molar-refractivity contribution in [3.8, 4) is 0 Å². The molecule has 1 saturated carbocycles. The summed E-state index contributed by atoms with van der Waals surface area (Å²) in [5.41, 5.74) is 6.53. The van der Waals surface area contributed by atoms with Gasteiger partial charge in [0.1, 0.15) is 11.3 Å². The van der Waals surface area contributed by atoms with Crippen LogP contribution in [0.2, 0.25) is 0 Å². The Morgan fingerprint density at radius 2 is 2.14 bits per heavy atom. The van der Waals surface area contributed by atoms with Crippen molar-refractivity contribution in [2.24, 2.45) is 11.7 Å². The van der Waals surface area contributed by atoms with Gasteiger partial charge < -0.3 is 20.6 Å². The van der Waals surface area contributed by atoms with Gasteiger partial charge in [-0.15, -0.1) is 12.4 Å². The number of aliphatic hydroxyl groups is 1. The van der Waals surface area contributed by atoms with Crippen molar-refractivity contribution in [1.82, 2.24) is 5.32 Å². The number of hydrogen-bond acceptors (Lipinski definition) is 4. The molecule has 1 aromatic heterocycles. The summed E-state index contributed by atoms with van der Waals surface area (Å²) >= 11 is 0. The lowest BCUT2D eigenvalue weighted by Gasteiger charge is -2.09. The number of aliphatic hydroxyl groups excluding tert-OH is 1. The number of para-hydroxylation sites is 1. The van der Waals surface area contributed by atoms with E-state index in [4.69, 9.17) is 10.2 Å². The number of furan rings is 1. The molecule has 0 unspecified atom stereocenters. The average Bonchev–Trinajstić information content (AvgIpc) is 3.00. The summed E-state index contributed by atoms with van der Waals surface area (Å²) in [6, 6.07) is 9.35. The first-order valence-electron chi connectivity index (χ1n) is 6.82. The Bertz CT molecular complexity index is 585. The second-order valence-electron chi connectivity index (χ2n) is 5.37. The van der Waals surface area contributed by atoms with Crippen LogP contribution in [-0.4, -0.2) is 23.2 Å². The molecule has 1 aliphatic carbocycles. The van der Waals surface area contributed by atoms with Gasteiger partial charge in [0.05, 0.1) is 12.6 Å². The van der Waals surface area contributed by atoms with Crippen molar-refractivity contribution in [2.75, 3.05) is 0 Å². The third-order valence-electron chi connectivity index (χ3n) is 3.86. The minimum absolute atomic E-state index is 0. The highest BCUT2D eigenvalue weighted by Gasteiger charge is 2.34. The summed E-state index contributed by atoms with van der Waals surface area (Å²) in [5, 5.41) is 13.4. The van der Waals surface area contributed by atoms with E-state index in [-0.39, 0.29) is 30.3 Å². The summed E-state index contributed by atoms with van der Waals surface area (Å²) in [4.78, 5) is 12.0. The topological polar surface area (TPSA) is 88.5 Å². The van der Waals surface area contributed by atoms with Gasteiger partial charge in [0, 0.05) is 17.3 Å². The van der Waals surface area contributed by atoms with Crippen molar-refractivity contribution in [3.63, 3.8) is 0 Å². The summed E-state index contributed by atoms with van der Waals surface area (Å²) in [5.74, 6) is 0.448. The first-order valence-corrected chi connectivity index (χ1v) is 6.82. The maximum atomic E-state index is 12.0. The number of nitrogens with one attached hydrogen (secondary N) is 1. The molecule has 4 N–H and O–H groups in total. The maximum absolute atomic E-state index is 12.0. The van der Waals surface area contributed by atoms with Crippen molar-refractivity contribution in [3.05, 3.63) is 36.1 Å².